The van der Waals surface area contributed by atoms with Crippen molar-refractivity contribution in [1.29, 1.82) is 0 Å². The summed E-state index contributed by atoms with van der Waals surface area (Å²) in [6.07, 6.45) is 8.01. The van der Waals surface area contributed by atoms with Gasteiger partial charge in [-0.2, -0.15) is 0 Å². The van der Waals surface area contributed by atoms with Crippen molar-refractivity contribution in [1.82, 2.24) is 5.32 Å². The largest absolute Gasteiger partial charge is 0.371 e. The monoisotopic (exact) mass is 256 g/mol. The quantitative estimate of drug-likeness (QED) is 0.894. The molecule has 0 spiro atoms. The maximum absolute atomic E-state index is 3.40. The van der Waals surface area contributed by atoms with Crippen LogP contribution in [-0.4, -0.2) is 26.7 Å². The molecule has 0 unspecified atom stereocenters. The number of aryl methyl sites for hydroxylation is 2. The van der Waals surface area contributed by atoms with E-state index in [2.05, 4.69) is 29.4 Å². The van der Waals surface area contributed by atoms with Crippen LogP contribution in [0, 0.1) is 0 Å². The van der Waals surface area contributed by atoms with Crippen LogP contribution in [0.4, 0.5) is 5.69 Å². The molecule has 0 atom stereocenters. The molecule has 2 nitrogen and oxygen atoms in total. The van der Waals surface area contributed by atoms with Crippen molar-refractivity contribution in [2.24, 2.45) is 0 Å². The lowest BCUT2D eigenvalue weighted by Gasteiger charge is -2.37. The zero-order valence-corrected chi connectivity index (χ0v) is 12.0. The summed E-state index contributed by atoms with van der Waals surface area (Å²) in [6.45, 7) is 3.71. The maximum atomic E-state index is 3.40. The smallest absolute Gasteiger partial charge is 0.0431 e. The van der Waals surface area contributed by atoms with E-state index in [0.717, 1.165) is 6.54 Å². The molecule has 3 aliphatic rings. The third-order valence-electron chi connectivity index (χ3n) is 5.31. The Bertz CT molecular complexity index is 471. The molecule has 1 aromatic rings. The Morgan fingerprint density at radius 3 is 2.26 bits per heavy atom. The molecule has 1 fully saturated rings. The van der Waals surface area contributed by atoms with E-state index < -0.39 is 0 Å². The fourth-order valence-electron chi connectivity index (χ4n) is 4.17. The summed E-state index contributed by atoms with van der Waals surface area (Å²) in [7, 11) is 2.09. The third-order valence-corrected chi connectivity index (χ3v) is 5.31. The van der Waals surface area contributed by atoms with Gasteiger partial charge in [-0.25, -0.2) is 0 Å². The van der Waals surface area contributed by atoms with Crippen LogP contribution in [0.15, 0.2) is 12.1 Å². The lowest BCUT2D eigenvalue weighted by atomic mass is 9.85. The minimum absolute atomic E-state index is 0.472. The first-order valence-corrected chi connectivity index (χ1v) is 7.88. The van der Waals surface area contributed by atoms with Crippen LogP contribution >= 0.6 is 0 Å². The molecule has 1 N–H and O–H groups in total. The molecular formula is C17H24N2. The second kappa shape index (κ2) is 4.24. The van der Waals surface area contributed by atoms with Crippen molar-refractivity contribution in [3.8, 4) is 0 Å². The molecule has 2 heteroatoms. The molecule has 0 bridgehead atoms. The predicted octanol–water partition coefficient (Wildman–Crippen LogP) is 2.64. The van der Waals surface area contributed by atoms with Gasteiger partial charge < -0.3 is 10.2 Å². The minimum atomic E-state index is 0.472. The van der Waals surface area contributed by atoms with Gasteiger partial charge >= 0.3 is 0 Å². The Kier molecular flexibility index (Phi) is 2.63. The Labute approximate surface area is 116 Å². The predicted molar refractivity (Wildman–Crippen MR) is 80.1 cm³/mol. The van der Waals surface area contributed by atoms with Gasteiger partial charge in [-0.15, -0.1) is 0 Å². The summed E-state index contributed by atoms with van der Waals surface area (Å²) in [5.41, 5.74) is 6.99. The van der Waals surface area contributed by atoms with E-state index in [1.54, 1.807) is 22.4 Å². The first-order valence-electron chi connectivity index (χ1n) is 7.88. The van der Waals surface area contributed by atoms with Crippen LogP contribution in [0.25, 0.3) is 0 Å². The average Bonchev–Trinajstić information content (AvgIpc) is 3.21. The van der Waals surface area contributed by atoms with Gasteiger partial charge in [-0.3, -0.25) is 0 Å². The Hall–Kier alpha value is -1.02. The SMILES string of the molecule is CNCC1(c2cc3c4c(c2)CCCN4CCC3)CC1. The van der Waals surface area contributed by atoms with Crippen molar-refractivity contribution in [2.45, 2.75) is 43.9 Å². The number of likely N-dealkylation sites (N-methyl/N-ethyl adjacent to an activating group) is 1. The molecule has 0 aromatic heterocycles. The van der Waals surface area contributed by atoms with Crippen molar-refractivity contribution in [3.05, 3.63) is 28.8 Å². The number of anilines is 1. The summed E-state index contributed by atoms with van der Waals surface area (Å²) in [4.78, 5) is 2.64. The third kappa shape index (κ3) is 1.80. The van der Waals surface area contributed by atoms with Gasteiger partial charge in [0, 0.05) is 30.7 Å². The van der Waals surface area contributed by atoms with Crippen LogP contribution in [-0.2, 0) is 18.3 Å². The molecule has 1 saturated carbocycles. The average molecular weight is 256 g/mol. The van der Waals surface area contributed by atoms with Gasteiger partial charge in [0.05, 0.1) is 0 Å². The van der Waals surface area contributed by atoms with Crippen LogP contribution in [0.1, 0.15) is 42.4 Å². The molecule has 4 rings (SSSR count). The van der Waals surface area contributed by atoms with E-state index in [1.807, 2.05) is 0 Å². The molecule has 0 amide bonds. The highest BCUT2D eigenvalue weighted by atomic mass is 15.1. The summed E-state index contributed by atoms with van der Waals surface area (Å²) in [6, 6.07) is 5.08. The molecule has 2 aliphatic heterocycles. The highest BCUT2D eigenvalue weighted by Crippen LogP contribution is 2.50. The summed E-state index contributed by atoms with van der Waals surface area (Å²) >= 11 is 0. The number of hydrogen-bond acceptors (Lipinski definition) is 2. The van der Waals surface area contributed by atoms with Crippen LogP contribution in [0.5, 0.6) is 0 Å². The lowest BCUT2D eigenvalue weighted by Crippen LogP contribution is -2.35. The maximum Gasteiger partial charge on any atom is 0.0431 e. The lowest BCUT2D eigenvalue weighted by molar-refractivity contribution is 0.608. The first-order chi connectivity index (χ1) is 9.32. The summed E-state index contributed by atoms with van der Waals surface area (Å²) in [5, 5.41) is 3.40. The first kappa shape index (κ1) is 11.8. The second-order valence-corrected chi connectivity index (χ2v) is 6.65. The summed E-state index contributed by atoms with van der Waals surface area (Å²) in [5.74, 6) is 0. The normalized spacial score (nSPS) is 23.1. The van der Waals surface area contributed by atoms with Crippen molar-refractivity contribution in [3.63, 3.8) is 0 Å². The topological polar surface area (TPSA) is 15.3 Å². The zero-order chi connectivity index (χ0) is 12.9. The number of benzene rings is 1. The van der Waals surface area contributed by atoms with Gasteiger partial charge in [0.1, 0.15) is 0 Å². The second-order valence-electron chi connectivity index (χ2n) is 6.65. The molecule has 19 heavy (non-hydrogen) atoms. The highest BCUT2D eigenvalue weighted by Gasteiger charge is 2.44. The minimum Gasteiger partial charge on any atom is -0.371 e. The molecule has 102 valence electrons. The van der Waals surface area contributed by atoms with Crippen molar-refractivity contribution in [2.75, 3.05) is 31.6 Å². The van der Waals surface area contributed by atoms with Gasteiger partial charge in [0.25, 0.3) is 0 Å². The van der Waals surface area contributed by atoms with Crippen LogP contribution < -0.4 is 10.2 Å². The highest BCUT2D eigenvalue weighted by molar-refractivity contribution is 5.65. The standard InChI is InChI=1S/C17H24N2/c1-18-12-17(6-7-17)15-10-13-4-2-8-19-9-3-5-14(11-15)16(13)19/h10-11,18H,2-9,12H2,1H3. The molecule has 1 aromatic carbocycles. The number of rotatable bonds is 3. The molecule has 1 aliphatic carbocycles. The van der Waals surface area contributed by atoms with Gasteiger partial charge in [0.2, 0.25) is 0 Å². The van der Waals surface area contributed by atoms with E-state index in [4.69, 9.17) is 0 Å². The number of hydrogen-bond donors (Lipinski definition) is 1. The van der Waals surface area contributed by atoms with E-state index in [9.17, 15) is 0 Å². The van der Waals surface area contributed by atoms with Crippen LogP contribution in [0.3, 0.4) is 0 Å². The molecule has 2 heterocycles. The Balaban J connectivity index is 1.79. The van der Waals surface area contributed by atoms with Gasteiger partial charge in [-0.05, 0) is 62.3 Å². The van der Waals surface area contributed by atoms with E-state index in [0.29, 0.717) is 5.41 Å². The Morgan fingerprint density at radius 2 is 1.74 bits per heavy atom. The molecular weight excluding hydrogens is 232 g/mol. The molecule has 0 radical (unpaired) electrons. The van der Waals surface area contributed by atoms with Gasteiger partial charge in [0.15, 0.2) is 0 Å². The van der Waals surface area contributed by atoms with E-state index in [-0.39, 0.29) is 0 Å². The Morgan fingerprint density at radius 1 is 1.11 bits per heavy atom. The van der Waals surface area contributed by atoms with Crippen LogP contribution in [0.2, 0.25) is 0 Å². The molecule has 0 saturated heterocycles. The number of nitrogens with zero attached hydrogens (tertiary/aromatic N) is 1. The van der Waals surface area contributed by atoms with Crippen molar-refractivity contribution >= 4 is 5.69 Å². The van der Waals surface area contributed by atoms with Gasteiger partial charge in [-0.1, -0.05) is 12.1 Å². The zero-order valence-electron chi connectivity index (χ0n) is 12.0. The van der Waals surface area contributed by atoms with Crippen molar-refractivity contribution < 1.29 is 0 Å². The fourth-order valence-corrected chi connectivity index (χ4v) is 4.17. The van der Waals surface area contributed by atoms with E-state index in [1.165, 1.54) is 51.6 Å². The fraction of sp³-hybridized carbons (Fsp3) is 0.647. The van der Waals surface area contributed by atoms with E-state index >= 15 is 0 Å². The number of nitrogens with one attached hydrogen (secondary N) is 1. The summed E-state index contributed by atoms with van der Waals surface area (Å²) < 4.78 is 0.